The highest BCUT2D eigenvalue weighted by molar-refractivity contribution is 5.89. The van der Waals surface area contributed by atoms with Crippen LogP contribution in [0.4, 0.5) is 0 Å². The van der Waals surface area contributed by atoms with Gasteiger partial charge in [-0.1, -0.05) is 36.4 Å². The molecule has 2 aromatic rings. The van der Waals surface area contributed by atoms with Crippen LogP contribution in [-0.2, 0) is 24.2 Å². The molecule has 3 heteroatoms. The molecule has 0 bridgehead atoms. The normalized spacial score (nSPS) is 10.3. The molecule has 2 rings (SSSR count). The lowest BCUT2D eigenvalue weighted by Crippen LogP contribution is -2.01. The summed E-state index contributed by atoms with van der Waals surface area (Å²) in [6.07, 6.45) is 1.85. The number of hydrogen-bond donors (Lipinski definition) is 1. The number of aliphatic hydroxyl groups excluding tert-OH is 1. The van der Waals surface area contributed by atoms with Gasteiger partial charge < -0.3 is 9.84 Å². The molecule has 0 saturated heterocycles. The van der Waals surface area contributed by atoms with Gasteiger partial charge in [0.05, 0.1) is 19.3 Å². The molecule has 0 heterocycles. The van der Waals surface area contributed by atoms with Crippen LogP contribution < -0.4 is 0 Å². The summed E-state index contributed by atoms with van der Waals surface area (Å²) in [6.45, 7) is 0.0786. The Morgan fingerprint density at radius 3 is 1.80 bits per heavy atom. The zero-order valence-electron chi connectivity index (χ0n) is 11.5. The first-order valence-electron chi connectivity index (χ1n) is 6.59. The van der Waals surface area contributed by atoms with E-state index in [1.165, 1.54) is 18.2 Å². The first-order chi connectivity index (χ1) is 9.72. The molecule has 0 amide bonds. The number of esters is 1. The third kappa shape index (κ3) is 3.68. The first-order valence-corrected chi connectivity index (χ1v) is 6.59. The van der Waals surface area contributed by atoms with Gasteiger partial charge in [-0.05, 0) is 41.7 Å². The van der Waals surface area contributed by atoms with Gasteiger partial charge in [-0.25, -0.2) is 4.79 Å². The van der Waals surface area contributed by atoms with Gasteiger partial charge in [0.1, 0.15) is 0 Å². The number of ether oxygens (including phenoxy) is 1. The maximum atomic E-state index is 11.3. The van der Waals surface area contributed by atoms with E-state index in [2.05, 4.69) is 4.74 Å². The third-order valence-corrected chi connectivity index (χ3v) is 3.28. The SMILES string of the molecule is COC(=O)c1ccc(CCc2ccc(CO)cc2)cc1. The highest BCUT2D eigenvalue weighted by atomic mass is 16.5. The summed E-state index contributed by atoms with van der Waals surface area (Å²) >= 11 is 0. The van der Waals surface area contributed by atoms with Crippen LogP contribution in [0.5, 0.6) is 0 Å². The highest BCUT2D eigenvalue weighted by Gasteiger charge is 2.04. The minimum Gasteiger partial charge on any atom is -0.465 e. The summed E-state index contributed by atoms with van der Waals surface area (Å²) in [5.74, 6) is -0.309. The van der Waals surface area contributed by atoms with Gasteiger partial charge in [-0.3, -0.25) is 0 Å². The van der Waals surface area contributed by atoms with Crippen molar-refractivity contribution in [1.82, 2.24) is 0 Å². The maximum Gasteiger partial charge on any atom is 0.337 e. The van der Waals surface area contributed by atoms with E-state index >= 15 is 0 Å². The van der Waals surface area contributed by atoms with E-state index < -0.39 is 0 Å². The van der Waals surface area contributed by atoms with E-state index in [4.69, 9.17) is 5.11 Å². The monoisotopic (exact) mass is 270 g/mol. The quantitative estimate of drug-likeness (QED) is 0.850. The molecule has 20 heavy (non-hydrogen) atoms. The molecule has 2 aromatic carbocycles. The van der Waals surface area contributed by atoms with Crippen molar-refractivity contribution in [3.8, 4) is 0 Å². The fourth-order valence-corrected chi connectivity index (χ4v) is 2.03. The van der Waals surface area contributed by atoms with Crippen molar-refractivity contribution in [3.05, 3.63) is 70.8 Å². The summed E-state index contributed by atoms with van der Waals surface area (Å²) in [5, 5.41) is 8.99. The molecule has 0 aromatic heterocycles. The highest BCUT2D eigenvalue weighted by Crippen LogP contribution is 2.11. The van der Waals surface area contributed by atoms with Gasteiger partial charge in [0, 0.05) is 0 Å². The van der Waals surface area contributed by atoms with Gasteiger partial charge >= 0.3 is 5.97 Å². The summed E-state index contributed by atoms with van der Waals surface area (Å²) < 4.78 is 4.67. The molecule has 1 N–H and O–H groups in total. The van der Waals surface area contributed by atoms with Gasteiger partial charge in [-0.2, -0.15) is 0 Å². The van der Waals surface area contributed by atoms with Gasteiger partial charge in [0.2, 0.25) is 0 Å². The molecular weight excluding hydrogens is 252 g/mol. The van der Waals surface area contributed by atoms with E-state index in [0.717, 1.165) is 18.4 Å². The van der Waals surface area contributed by atoms with Crippen molar-refractivity contribution in [1.29, 1.82) is 0 Å². The molecule has 0 unspecified atom stereocenters. The number of carbonyl (C=O) groups excluding carboxylic acids is 1. The Labute approximate surface area is 118 Å². The van der Waals surface area contributed by atoms with Gasteiger partial charge in [0.15, 0.2) is 0 Å². The molecule has 0 aliphatic heterocycles. The summed E-state index contributed by atoms with van der Waals surface area (Å²) in [6, 6.07) is 15.4. The zero-order chi connectivity index (χ0) is 14.4. The molecule has 0 fully saturated rings. The average Bonchev–Trinajstić information content (AvgIpc) is 2.53. The number of carbonyl (C=O) groups is 1. The largest absolute Gasteiger partial charge is 0.465 e. The van der Waals surface area contributed by atoms with E-state index in [1.54, 1.807) is 12.1 Å². The van der Waals surface area contributed by atoms with E-state index in [1.807, 2.05) is 36.4 Å². The van der Waals surface area contributed by atoms with Crippen molar-refractivity contribution in [2.24, 2.45) is 0 Å². The summed E-state index contributed by atoms with van der Waals surface area (Å²) in [7, 11) is 1.38. The zero-order valence-corrected chi connectivity index (χ0v) is 11.5. The predicted molar refractivity (Wildman–Crippen MR) is 77.6 cm³/mol. The Morgan fingerprint density at radius 2 is 1.35 bits per heavy atom. The Hall–Kier alpha value is -2.13. The number of rotatable bonds is 5. The molecule has 0 atom stereocenters. The van der Waals surface area contributed by atoms with Crippen LogP contribution in [0, 0.1) is 0 Å². The van der Waals surface area contributed by atoms with Crippen LogP contribution in [0.25, 0.3) is 0 Å². The van der Waals surface area contributed by atoms with E-state index in [9.17, 15) is 4.79 Å². The number of aliphatic hydroxyl groups is 1. The van der Waals surface area contributed by atoms with Crippen LogP contribution in [0.2, 0.25) is 0 Å². The van der Waals surface area contributed by atoms with Crippen molar-refractivity contribution < 1.29 is 14.6 Å². The Morgan fingerprint density at radius 1 is 0.900 bits per heavy atom. The fourth-order valence-electron chi connectivity index (χ4n) is 2.03. The summed E-state index contributed by atoms with van der Waals surface area (Å²) in [4.78, 5) is 11.3. The van der Waals surface area contributed by atoms with Crippen LogP contribution in [0.1, 0.15) is 27.0 Å². The minimum atomic E-state index is -0.309. The van der Waals surface area contributed by atoms with Crippen molar-refractivity contribution in [2.45, 2.75) is 19.4 Å². The van der Waals surface area contributed by atoms with Gasteiger partial charge in [0.25, 0.3) is 0 Å². The molecule has 0 saturated carbocycles. The summed E-state index contributed by atoms with van der Waals surface area (Å²) in [5.41, 5.74) is 3.92. The van der Waals surface area contributed by atoms with Crippen molar-refractivity contribution in [3.63, 3.8) is 0 Å². The second-order valence-corrected chi connectivity index (χ2v) is 4.66. The number of benzene rings is 2. The molecular formula is C17H18O3. The molecule has 0 aliphatic carbocycles. The molecule has 104 valence electrons. The van der Waals surface area contributed by atoms with Crippen molar-refractivity contribution in [2.75, 3.05) is 7.11 Å². The number of hydrogen-bond acceptors (Lipinski definition) is 3. The fraction of sp³-hybridized carbons (Fsp3) is 0.235. The Balaban J connectivity index is 1.94. The second-order valence-electron chi connectivity index (χ2n) is 4.66. The topological polar surface area (TPSA) is 46.5 Å². The van der Waals surface area contributed by atoms with E-state index in [-0.39, 0.29) is 12.6 Å². The Kier molecular flexibility index (Phi) is 4.91. The second kappa shape index (κ2) is 6.87. The van der Waals surface area contributed by atoms with Crippen LogP contribution in [0.15, 0.2) is 48.5 Å². The van der Waals surface area contributed by atoms with Crippen LogP contribution in [0.3, 0.4) is 0 Å². The Bertz CT molecular complexity index is 556. The number of methoxy groups -OCH3 is 1. The maximum absolute atomic E-state index is 11.3. The molecule has 3 nitrogen and oxygen atoms in total. The molecule has 0 aliphatic rings. The molecule has 0 radical (unpaired) electrons. The van der Waals surface area contributed by atoms with Crippen molar-refractivity contribution >= 4 is 5.97 Å². The number of aryl methyl sites for hydroxylation is 2. The lowest BCUT2D eigenvalue weighted by Gasteiger charge is -2.04. The van der Waals surface area contributed by atoms with Gasteiger partial charge in [-0.15, -0.1) is 0 Å². The molecule has 0 spiro atoms. The van der Waals surface area contributed by atoms with Crippen LogP contribution in [-0.4, -0.2) is 18.2 Å². The lowest BCUT2D eigenvalue weighted by molar-refractivity contribution is 0.0600. The smallest absolute Gasteiger partial charge is 0.337 e. The first kappa shape index (κ1) is 14.3. The predicted octanol–water partition coefficient (Wildman–Crippen LogP) is 2.75. The average molecular weight is 270 g/mol. The van der Waals surface area contributed by atoms with E-state index in [0.29, 0.717) is 5.56 Å². The van der Waals surface area contributed by atoms with Crippen LogP contribution >= 0.6 is 0 Å². The minimum absolute atomic E-state index is 0.0786. The standard InChI is InChI=1S/C17H18O3/c1-20-17(19)16-10-8-14(9-11-16)3-2-13-4-6-15(12-18)7-5-13/h4-11,18H,2-3,12H2,1H3. The lowest BCUT2D eigenvalue weighted by atomic mass is 10.0. The third-order valence-electron chi connectivity index (χ3n) is 3.28.